The number of anilines is 1. The zero-order valence-corrected chi connectivity index (χ0v) is 13.7. The Morgan fingerprint density at radius 3 is 2.83 bits per heavy atom. The summed E-state index contributed by atoms with van der Waals surface area (Å²) in [7, 11) is 0. The molecule has 2 aromatic rings. The van der Waals surface area contributed by atoms with Crippen LogP contribution in [0.2, 0.25) is 0 Å². The second kappa shape index (κ2) is 6.81. The molecule has 2 aromatic heterocycles. The Morgan fingerprint density at radius 2 is 2.17 bits per heavy atom. The van der Waals surface area contributed by atoms with Crippen LogP contribution in [0.3, 0.4) is 0 Å². The summed E-state index contributed by atoms with van der Waals surface area (Å²) in [5.74, 6) is 1.03. The largest absolute Gasteiger partial charge is 0.361 e. The highest BCUT2D eigenvalue weighted by Gasteiger charge is 2.30. The molecule has 9 heteroatoms. The number of carbonyl (C=O) groups excluding carboxylic acids is 2. The molecule has 2 N–H and O–H groups in total. The number of nitrogens with one attached hydrogen (secondary N) is 2. The summed E-state index contributed by atoms with van der Waals surface area (Å²) in [4.78, 5) is 23.6. The first-order valence-electron chi connectivity index (χ1n) is 7.92. The third-order valence-corrected chi connectivity index (χ3v) is 3.92. The van der Waals surface area contributed by atoms with Gasteiger partial charge in [-0.05, 0) is 33.1 Å². The Labute approximate surface area is 138 Å². The van der Waals surface area contributed by atoms with Gasteiger partial charge in [0.15, 0.2) is 5.82 Å². The molecule has 2 heterocycles. The number of hydrogen-bond donors (Lipinski definition) is 2. The van der Waals surface area contributed by atoms with Gasteiger partial charge in [-0.3, -0.25) is 9.59 Å². The number of amides is 2. The number of rotatable bonds is 7. The molecule has 9 nitrogen and oxygen atoms in total. The van der Waals surface area contributed by atoms with E-state index in [0.29, 0.717) is 18.8 Å². The van der Waals surface area contributed by atoms with Gasteiger partial charge in [-0.15, -0.1) is 5.10 Å². The fourth-order valence-corrected chi connectivity index (χ4v) is 2.40. The molecule has 1 aliphatic rings. The lowest BCUT2D eigenvalue weighted by atomic mass is 10.1. The average Bonchev–Trinajstić information content (AvgIpc) is 3.24. The molecule has 1 fully saturated rings. The SMILES string of the molecule is Cc1noc(C)c1CCNC(=O)Cn1cc(NC(=O)C2CC2)nn1. The van der Waals surface area contributed by atoms with Gasteiger partial charge < -0.3 is 15.2 Å². The van der Waals surface area contributed by atoms with Crippen LogP contribution in [0.25, 0.3) is 0 Å². The molecule has 1 saturated carbocycles. The van der Waals surface area contributed by atoms with E-state index in [0.717, 1.165) is 29.9 Å². The summed E-state index contributed by atoms with van der Waals surface area (Å²) in [6.45, 7) is 4.26. The van der Waals surface area contributed by atoms with Crippen LogP contribution < -0.4 is 10.6 Å². The van der Waals surface area contributed by atoms with Crippen LogP contribution in [0.1, 0.15) is 29.9 Å². The monoisotopic (exact) mass is 332 g/mol. The minimum Gasteiger partial charge on any atom is -0.361 e. The van der Waals surface area contributed by atoms with Crippen LogP contribution in [0, 0.1) is 19.8 Å². The summed E-state index contributed by atoms with van der Waals surface area (Å²) in [6.07, 6.45) is 4.06. The van der Waals surface area contributed by atoms with Crippen molar-refractivity contribution >= 4 is 17.6 Å². The van der Waals surface area contributed by atoms with Crippen LogP contribution in [0.15, 0.2) is 10.7 Å². The number of aryl methyl sites for hydroxylation is 2. The smallest absolute Gasteiger partial charge is 0.241 e. The van der Waals surface area contributed by atoms with E-state index >= 15 is 0 Å². The van der Waals surface area contributed by atoms with E-state index in [-0.39, 0.29) is 24.3 Å². The standard InChI is InChI=1S/C15H20N6O3/c1-9-12(10(2)24-19-9)5-6-16-14(22)8-21-7-13(18-20-21)17-15(23)11-3-4-11/h7,11H,3-6,8H2,1-2H3,(H,16,22)(H,17,23). The van der Waals surface area contributed by atoms with Crippen LogP contribution in [0.5, 0.6) is 0 Å². The van der Waals surface area contributed by atoms with Gasteiger partial charge in [0.2, 0.25) is 11.8 Å². The topological polar surface area (TPSA) is 115 Å². The zero-order chi connectivity index (χ0) is 17.1. The minimum absolute atomic E-state index is 0.0361. The lowest BCUT2D eigenvalue weighted by Gasteiger charge is -2.04. The molecule has 0 aromatic carbocycles. The number of aromatic nitrogens is 4. The summed E-state index contributed by atoms with van der Waals surface area (Å²) in [6, 6.07) is 0. The molecule has 128 valence electrons. The van der Waals surface area contributed by atoms with Crippen LogP contribution in [0.4, 0.5) is 5.82 Å². The third-order valence-electron chi connectivity index (χ3n) is 3.92. The number of carbonyl (C=O) groups is 2. The van der Waals surface area contributed by atoms with E-state index < -0.39 is 0 Å². The maximum absolute atomic E-state index is 11.9. The van der Waals surface area contributed by atoms with Gasteiger partial charge in [0.1, 0.15) is 12.3 Å². The predicted octanol–water partition coefficient (Wildman–Crippen LogP) is 0.590. The van der Waals surface area contributed by atoms with Gasteiger partial charge in [0, 0.05) is 18.0 Å². The molecule has 0 spiro atoms. The Balaban J connectivity index is 1.43. The van der Waals surface area contributed by atoms with E-state index in [2.05, 4.69) is 26.1 Å². The normalized spacial score (nSPS) is 13.8. The van der Waals surface area contributed by atoms with Gasteiger partial charge in [-0.1, -0.05) is 10.4 Å². The van der Waals surface area contributed by atoms with E-state index in [1.54, 1.807) is 6.20 Å². The van der Waals surface area contributed by atoms with E-state index in [1.165, 1.54) is 4.68 Å². The summed E-state index contributed by atoms with van der Waals surface area (Å²) in [5.41, 5.74) is 1.86. The molecular weight excluding hydrogens is 312 g/mol. The molecule has 0 radical (unpaired) electrons. The van der Waals surface area contributed by atoms with Crippen molar-refractivity contribution in [3.05, 3.63) is 23.2 Å². The maximum Gasteiger partial charge on any atom is 0.241 e. The number of hydrogen-bond acceptors (Lipinski definition) is 6. The van der Waals surface area contributed by atoms with E-state index in [9.17, 15) is 9.59 Å². The molecule has 0 aliphatic heterocycles. The first-order valence-corrected chi connectivity index (χ1v) is 7.92. The Bertz CT molecular complexity index is 727. The van der Waals surface area contributed by atoms with Gasteiger partial charge in [0.05, 0.1) is 11.9 Å². The lowest BCUT2D eigenvalue weighted by Crippen LogP contribution is -2.29. The molecule has 0 bridgehead atoms. The van der Waals surface area contributed by atoms with Crippen molar-refractivity contribution in [2.45, 2.75) is 39.7 Å². The highest BCUT2D eigenvalue weighted by Crippen LogP contribution is 2.29. The highest BCUT2D eigenvalue weighted by atomic mass is 16.5. The molecule has 24 heavy (non-hydrogen) atoms. The quantitative estimate of drug-likeness (QED) is 0.767. The van der Waals surface area contributed by atoms with Crippen molar-refractivity contribution < 1.29 is 14.1 Å². The average molecular weight is 332 g/mol. The van der Waals surface area contributed by atoms with Crippen molar-refractivity contribution in [1.29, 1.82) is 0 Å². The predicted molar refractivity (Wildman–Crippen MR) is 84.1 cm³/mol. The lowest BCUT2D eigenvalue weighted by molar-refractivity contribution is -0.121. The summed E-state index contributed by atoms with van der Waals surface area (Å²) < 4.78 is 6.48. The fourth-order valence-electron chi connectivity index (χ4n) is 2.40. The first kappa shape index (κ1) is 16.2. The molecule has 0 unspecified atom stereocenters. The highest BCUT2D eigenvalue weighted by molar-refractivity contribution is 5.93. The van der Waals surface area contributed by atoms with Crippen molar-refractivity contribution in [3.63, 3.8) is 0 Å². The summed E-state index contributed by atoms with van der Waals surface area (Å²) in [5, 5.41) is 17.1. The molecule has 2 amide bonds. The Hall–Kier alpha value is -2.71. The molecule has 3 rings (SSSR count). The summed E-state index contributed by atoms with van der Waals surface area (Å²) >= 11 is 0. The van der Waals surface area contributed by atoms with Gasteiger partial charge in [0.25, 0.3) is 0 Å². The van der Waals surface area contributed by atoms with Gasteiger partial charge >= 0.3 is 0 Å². The van der Waals surface area contributed by atoms with Crippen molar-refractivity contribution in [2.75, 3.05) is 11.9 Å². The molecular formula is C15H20N6O3. The van der Waals surface area contributed by atoms with Gasteiger partial charge in [-0.2, -0.15) is 0 Å². The minimum atomic E-state index is -0.174. The third kappa shape index (κ3) is 3.98. The maximum atomic E-state index is 11.9. The van der Waals surface area contributed by atoms with Crippen LogP contribution in [-0.4, -0.2) is 38.5 Å². The second-order valence-corrected chi connectivity index (χ2v) is 5.97. The van der Waals surface area contributed by atoms with Crippen molar-refractivity contribution in [2.24, 2.45) is 5.92 Å². The van der Waals surface area contributed by atoms with E-state index in [4.69, 9.17) is 4.52 Å². The molecule has 1 aliphatic carbocycles. The Morgan fingerprint density at radius 1 is 1.38 bits per heavy atom. The fraction of sp³-hybridized carbons (Fsp3) is 0.533. The van der Waals surface area contributed by atoms with Crippen LogP contribution >= 0.6 is 0 Å². The van der Waals surface area contributed by atoms with Crippen molar-refractivity contribution in [3.8, 4) is 0 Å². The van der Waals surface area contributed by atoms with Crippen molar-refractivity contribution in [1.82, 2.24) is 25.5 Å². The molecule has 0 saturated heterocycles. The van der Waals surface area contributed by atoms with Gasteiger partial charge in [-0.25, -0.2) is 4.68 Å². The number of nitrogens with zero attached hydrogens (tertiary/aromatic N) is 4. The zero-order valence-electron chi connectivity index (χ0n) is 13.7. The first-order chi connectivity index (χ1) is 11.5. The second-order valence-electron chi connectivity index (χ2n) is 5.97. The van der Waals surface area contributed by atoms with E-state index in [1.807, 2.05) is 13.8 Å². The van der Waals surface area contributed by atoms with Crippen LogP contribution in [-0.2, 0) is 22.6 Å². The molecule has 0 atom stereocenters. The Kier molecular flexibility index (Phi) is 4.59.